The molecule has 1 saturated heterocycles. The summed E-state index contributed by atoms with van der Waals surface area (Å²) < 4.78 is 5.70. The lowest BCUT2D eigenvalue weighted by molar-refractivity contribution is 0.327. The smallest absolute Gasteiger partial charge is 0.110 e. The van der Waals surface area contributed by atoms with Crippen molar-refractivity contribution in [3.8, 4) is 0 Å². The Labute approximate surface area is 133 Å². The molecule has 1 aliphatic heterocycles. The Hall–Kier alpha value is -0.300. The minimum Gasteiger partial charge on any atom is -0.365 e. The van der Waals surface area contributed by atoms with Gasteiger partial charge in [-0.15, -0.1) is 0 Å². The maximum absolute atomic E-state index is 5.70. The van der Waals surface area contributed by atoms with Gasteiger partial charge in [-0.1, -0.05) is 96.6 Å². The van der Waals surface area contributed by atoms with Gasteiger partial charge in [-0.05, 0) is 19.3 Å². The van der Waals surface area contributed by atoms with Gasteiger partial charge in [-0.25, -0.2) is 0 Å². The molecule has 0 aliphatic carbocycles. The minimum absolute atomic E-state index is 0.160. The lowest BCUT2D eigenvalue weighted by Gasteiger charge is -2.06. The van der Waals surface area contributed by atoms with Crippen LogP contribution in [-0.2, 0) is 4.74 Å². The van der Waals surface area contributed by atoms with Crippen LogP contribution in [0.25, 0.3) is 0 Å². The van der Waals surface area contributed by atoms with Crippen LogP contribution >= 0.6 is 0 Å². The third kappa shape index (κ3) is 10.1. The highest BCUT2D eigenvalue weighted by Crippen LogP contribution is 2.34. The van der Waals surface area contributed by atoms with Crippen molar-refractivity contribution in [2.45, 2.75) is 109 Å². The van der Waals surface area contributed by atoms with Gasteiger partial charge in [0.1, 0.15) is 5.60 Å². The predicted octanol–water partition coefficient (Wildman–Crippen LogP) is 6.81. The molecule has 0 amide bonds. The van der Waals surface area contributed by atoms with Gasteiger partial charge in [0, 0.05) is 0 Å². The molecule has 0 bridgehead atoms. The van der Waals surface area contributed by atoms with Crippen molar-refractivity contribution in [1.29, 1.82) is 0 Å². The average Bonchev–Trinajstić information content (AvgIpc) is 3.26. The first-order valence-electron chi connectivity index (χ1n) is 9.64. The van der Waals surface area contributed by atoms with Crippen LogP contribution in [-0.4, -0.2) is 12.2 Å². The molecule has 1 unspecified atom stereocenters. The zero-order valence-electron chi connectivity index (χ0n) is 14.7. The summed E-state index contributed by atoms with van der Waals surface area (Å²) in [5, 5.41) is 0. The molecule has 0 aromatic heterocycles. The number of hydrogen-bond acceptors (Lipinski definition) is 1. The Morgan fingerprint density at radius 1 is 0.762 bits per heavy atom. The highest BCUT2D eigenvalue weighted by atomic mass is 16.6. The molecule has 1 nitrogen and oxygen atoms in total. The van der Waals surface area contributed by atoms with E-state index >= 15 is 0 Å². The number of allylic oxidation sites excluding steroid dienone is 1. The SMILES string of the molecule is CCCCCCC=CC1(CCCCCCCCCC)CO1. The van der Waals surface area contributed by atoms with Gasteiger partial charge >= 0.3 is 0 Å². The van der Waals surface area contributed by atoms with Crippen LogP contribution in [0.15, 0.2) is 12.2 Å². The van der Waals surface area contributed by atoms with Crippen LogP contribution in [0.4, 0.5) is 0 Å². The Morgan fingerprint density at radius 2 is 1.29 bits per heavy atom. The molecule has 21 heavy (non-hydrogen) atoms. The number of unbranched alkanes of at least 4 members (excludes halogenated alkanes) is 11. The second-order valence-electron chi connectivity index (χ2n) is 6.83. The number of ether oxygens (including phenoxy) is 1. The van der Waals surface area contributed by atoms with Crippen molar-refractivity contribution >= 4 is 0 Å². The first-order valence-corrected chi connectivity index (χ1v) is 9.64. The van der Waals surface area contributed by atoms with Crippen LogP contribution in [0, 0.1) is 0 Å². The van der Waals surface area contributed by atoms with E-state index in [0.717, 1.165) is 6.61 Å². The van der Waals surface area contributed by atoms with Gasteiger partial charge in [0.05, 0.1) is 6.61 Å². The lowest BCUT2D eigenvalue weighted by atomic mass is 9.99. The summed E-state index contributed by atoms with van der Waals surface area (Å²) >= 11 is 0. The van der Waals surface area contributed by atoms with Crippen LogP contribution in [0.3, 0.4) is 0 Å². The molecule has 1 fully saturated rings. The third-order valence-electron chi connectivity index (χ3n) is 4.61. The van der Waals surface area contributed by atoms with Crippen molar-refractivity contribution in [2.75, 3.05) is 6.61 Å². The number of hydrogen-bond donors (Lipinski definition) is 0. The third-order valence-corrected chi connectivity index (χ3v) is 4.61. The first kappa shape index (κ1) is 18.7. The summed E-state index contributed by atoms with van der Waals surface area (Å²) in [5.74, 6) is 0. The van der Waals surface area contributed by atoms with Crippen molar-refractivity contribution in [2.24, 2.45) is 0 Å². The molecule has 0 spiro atoms. The standard InChI is InChI=1S/C20H38O/c1-3-5-7-9-11-12-14-16-18-20(19-21-20)17-15-13-10-8-6-4-2/h15,17H,3-14,16,18-19H2,1-2H3. The van der Waals surface area contributed by atoms with E-state index < -0.39 is 0 Å². The summed E-state index contributed by atoms with van der Waals surface area (Å²) in [6.45, 7) is 5.52. The Kier molecular flexibility index (Phi) is 10.9. The lowest BCUT2D eigenvalue weighted by Crippen LogP contribution is -2.06. The number of rotatable bonds is 15. The zero-order chi connectivity index (χ0) is 15.2. The topological polar surface area (TPSA) is 12.5 Å². The molecule has 0 aromatic rings. The van der Waals surface area contributed by atoms with E-state index in [4.69, 9.17) is 4.74 Å². The van der Waals surface area contributed by atoms with Crippen LogP contribution in [0.1, 0.15) is 104 Å². The van der Waals surface area contributed by atoms with Gasteiger partial charge in [0.2, 0.25) is 0 Å². The van der Waals surface area contributed by atoms with E-state index in [0.29, 0.717) is 0 Å². The summed E-state index contributed by atoms with van der Waals surface area (Å²) in [7, 11) is 0. The van der Waals surface area contributed by atoms with Gasteiger partial charge < -0.3 is 4.74 Å². The maximum Gasteiger partial charge on any atom is 0.110 e. The zero-order valence-corrected chi connectivity index (χ0v) is 14.7. The Bertz CT molecular complexity index is 253. The van der Waals surface area contributed by atoms with E-state index in [1.807, 2.05) is 0 Å². The molecular formula is C20H38O. The fourth-order valence-corrected chi connectivity index (χ4v) is 2.96. The minimum atomic E-state index is 0.160. The first-order chi connectivity index (χ1) is 10.3. The quantitative estimate of drug-likeness (QED) is 0.183. The molecular weight excluding hydrogens is 256 g/mol. The van der Waals surface area contributed by atoms with E-state index in [1.54, 1.807) is 0 Å². The van der Waals surface area contributed by atoms with E-state index in [-0.39, 0.29) is 5.60 Å². The van der Waals surface area contributed by atoms with Crippen LogP contribution in [0.2, 0.25) is 0 Å². The van der Waals surface area contributed by atoms with E-state index in [9.17, 15) is 0 Å². The van der Waals surface area contributed by atoms with Gasteiger partial charge in [-0.2, -0.15) is 0 Å². The predicted molar refractivity (Wildman–Crippen MR) is 93.8 cm³/mol. The summed E-state index contributed by atoms with van der Waals surface area (Å²) in [4.78, 5) is 0. The fraction of sp³-hybridized carbons (Fsp3) is 0.900. The summed E-state index contributed by atoms with van der Waals surface area (Å²) in [6.07, 6.45) is 23.9. The second kappa shape index (κ2) is 12.3. The van der Waals surface area contributed by atoms with E-state index in [1.165, 1.54) is 89.9 Å². The highest BCUT2D eigenvalue weighted by Gasteiger charge is 2.40. The normalized spacial score (nSPS) is 21.2. The second-order valence-corrected chi connectivity index (χ2v) is 6.83. The number of epoxide rings is 1. The molecule has 1 heteroatoms. The van der Waals surface area contributed by atoms with Crippen molar-refractivity contribution < 1.29 is 4.74 Å². The molecule has 0 saturated carbocycles. The van der Waals surface area contributed by atoms with Crippen LogP contribution in [0.5, 0.6) is 0 Å². The summed E-state index contributed by atoms with van der Waals surface area (Å²) in [5.41, 5.74) is 0.160. The molecule has 1 heterocycles. The molecule has 124 valence electrons. The Morgan fingerprint density at radius 3 is 1.86 bits per heavy atom. The van der Waals surface area contributed by atoms with Gasteiger partial charge in [-0.3, -0.25) is 0 Å². The molecule has 0 aromatic carbocycles. The molecule has 1 rings (SSSR count). The van der Waals surface area contributed by atoms with Crippen molar-refractivity contribution in [3.63, 3.8) is 0 Å². The van der Waals surface area contributed by atoms with Gasteiger partial charge in [0.25, 0.3) is 0 Å². The fourth-order valence-electron chi connectivity index (χ4n) is 2.96. The highest BCUT2D eigenvalue weighted by molar-refractivity contribution is 5.10. The maximum atomic E-state index is 5.70. The van der Waals surface area contributed by atoms with Gasteiger partial charge in [0.15, 0.2) is 0 Å². The van der Waals surface area contributed by atoms with Crippen molar-refractivity contribution in [1.82, 2.24) is 0 Å². The molecule has 0 radical (unpaired) electrons. The van der Waals surface area contributed by atoms with E-state index in [2.05, 4.69) is 26.0 Å². The average molecular weight is 295 g/mol. The molecule has 1 aliphatic rings. The largest absolute Gasteiger partial charge is 0.365 e. The molecule has 0 N–H and O–H groups in total. The Balaban J connectivity index is 1.92. The molecule has 1 atom stereocenters. The van der Waals surface area contributed by atoms with Crippen molar-refractivity contribution in [3.05, 3.63) is 12.2 Å². The van der Waals surface area contributed by atoms with Crippen LogP contribution < -0.4 is 0 Å². The summed E-state index contributed by atoms with van der Waals surface area (Å²) in [6, 6.07) is 0. The monoisotopic (exact) mass is 294 g/mol.